The van der Waals surface area contributed by atoms with Crippen molar-refractivity contribution in [3.05, 3.63) is 46.7 Å². The molecule has 0 aliphatic carbocycles. The van der Waals surface area contributed by atoms with Crippen molar-refractivity contribution in [2.75, 3.05) is 12.4 Å². The minimum atomic E-state index is -0.313. The number of rotatable bonds is 3. The zero-order valence-electron chi connectivity index (χ0n) is 12.9. The monoisotopic (exact) mass is 330 g/mol. The molecule has 7 heteroatoms. The maximum Gasteiger partial charge on any atom is 0.259 e. The average molecular weight is 331 g/mol. The fourth-order valence-electron chi connectivity index (χ4n) is 2.43. The highest BCUT2D eigenvalue weighted by atomic mass is 35.5. The third-order valence-corrected chi connectivity index (χ3v) is 3.76. The summed E-state index contributed by atoms with van der Waals surface area (Å²) in [6.07, 6.45) is 1.60. The van der Waals surface area contributed by atoms with E-state index in [-0.39, 0.29) is 5.91 Å². The Morgan fingerprint density at radius 1 is 1.35 bits per heavy atom. The third-order valence-electron chi connectivity index (χ3n) is 3.53. The van der Waals surface area contributed by atoms with Gasteiger partial charge in [-0.2, -0.15) is 5.10 Å². The summed E-state index contributed by atoms with van der Waals surface area (Å²) in [4.78, 5) is 16.8. The predicted molar refractivity (Wildman–Crippen MR) is 89.2 cm³/mol. The van der Waals surface area contributed by atoms with E-state index in [9.17, 15) is 4.79 Å². The van der Waals surface area contributed by atoms with Crippen LogP contribution in [-0.4, -0.2) is 27.8 Å². The number of aryl methyl sites for hydroxylation is 2. The molecule has 0 spiro atoms. The van der Waals surface area contributed by atoms with Gasteiger partial charge in [0.25, 0.3) is 5.91 Å². The van der Waals surface area contributed by atoms with Crippen molar-refractivity contribution in [1.82, 2.24) is 14.8 Å². The Balaban J connectivity index is 1.94. The molecule has 0 saturated carbocycles. The SMILES string of the molecule is COc1ccc(Cl)cc1C(=O)Nc1cnc2c(c1)c(C)nn2C. The number of hydrogen-bond donors (Lipinski definition) is 1. The van der Waals surface area contributed by atoms with E-state index < -0.39 is 0 Å². The van der Waals surface area contributed by atoms with E-state index in [2.05, 4.69) is 15.4 Å². The van der Waals surface area contributed by atoms with Gasteiger partial charge in [-0.1, -0.05) is 11.6 Å². The Kier molecular flexibility index (Phi) is 3.92. The lowest BCUT2D eigenvalue weighted by molar-refractivity contribution is 0.102. The second-order valence-electron chi connectivity index (χ2n) is 5.10. The lowest BCUT2D eigenvalue weighted by atomic mass is 10.2. The number of aromatic nitrogens is 3. The number of anilines is 1. The minimum absolute atomic E-state index is 0.313. The lowest BCUT2D eigenvalue weighted by Gasteiger charge is -2.09. The summed E-state index contributed by atoms with van der Waals surface area (Å²) in [6.45, 7) is 1.90. The summed E-state index contributed by atoms with van der Waals surface area (Å²) in [5.74, 6) is 0.144. The fraction of sp³-hybridized carbons (Fsp3) is 0.188. The Hall–Kier alpha value is -2.60. The molecule has 1 aromatic carbocycles. The van der Waals surface area contributed by atoms with Gasteiger partial charge in [-0.3, -0.25) is 9.48 Å². The van der Waals surface area contributed by atoms with Gasteiger partial charge in [-0.15, -0.1) is 0 Å². The van der Waals surface area contributed by atoms with E-state index in [0.717, 1.165) is 16.7 Å². The van der Waals surface area contributed by atoms with Crippen LogP contribution in [0.4, 0.5) is 5.69 Å². The first-order chi connectivity index (χ1) is 11.0. The van der Waals surface area contributed by atoms with Crippen molar-refractivity contribution < 1.29 is 9.53 Å². The number of nitrogens with zero attached hydrogens (tertiary/aromatic N) is 3. The van der Waals surface area contributed by atoms with Crippen molar-refractivity contribution in [3.8, 4) is 5.75 Å². The van der Waals surface area contributed by atoms with Gasteiger partial charge in [0.15, 0.2) is 5.65 Å². The summed E-state index contributed by atoms with van der Waals surface area (Å²) >= 11 is 5.96. The smallest absolute Gasteiger partial charge is 0.259 e. The summed E-state index contributed by atoms with van der Waals surface area (Å²) in [5.41, 5.74) is 2.57. The molecule has 2 heterocycles. The number of nitrogens with one attached hydrogen (secondary N) is 1. The number of ether oxygens (including phenoxy) is 1. The first kappa shape index (κ1) is 15.3. The van der Waals surface area contributed by atoms with Crippen LogP contribution < -0.4 is 10.1 Å². The van der Waals surface area contributed by atoms with Gasteiger partial charge in [0.2, 0.25) is 0 Å². The molecule has 0 radical (unpaired) electrons. The summed E-state index contributed by atoms with van der Waals surface area (Å²) in [7, 11) is 3.34. The van der Waals surface area contributed by atoms with E-state index >= 15 is 0 Å². The number of carbonyl (C=O) groups excluding carboxylic acids is 1. The summed E-state index contributed by atoms with van der Waals surface area (Å²) in [5, 5.41) is 8.48. The van der Waals surface area contributed by atoms with E-state index in [4.69, 9.17) is 16.3 Å². The number of hydrogen-bond acceptors (Lipinski definition) is 4. The molecule has 1 amide bonds. The van der Waals surface area contributed by atoms with Gasteiger partial charge in [0.05, 0.1) is 30.3 Å². The zero-order chi connectivity index (χ0) is 16.6. The van der Waals surface area contributed by atoms with Crippen molar-refractivity contribution in [2.45, 2.75) is 6.92 Å². The lowest BCUT2D eigenvalue weighted by Crippen LogP contribution is -2.13. The van der Waals surface area contributed by atoms with Gasteiger partial charge >= 0.3 is 0 Å². The average Bonchev–Trinajstić information content (AvgIpc) is 2.81. The summed E-state index contributed by atoms with van der Waals surface area (Å²) < 4.78 is 6.91. The molecule has 6 nitrogen and oxygen atoms in total. The number of pyridine rings is 1. The van der Waals surface area contributed by atoms with Gasteiger partial charge in [-0.25, -0.2) is 4.98 Å². The number of methoxy groups -OCH3 is 1. The zero-order valence-corrected chi connectivity index (χ0v) is 13.7. The van der Waals surface area contributed by atoms with Crippen LogP contribution in [0.1, 0.15) is 16.1 Å². The number of carbonyl (C=O) groups is 1. The maximum atomic E-state index is 12.5. The van der Waals surface area contributed by atoms with E-state index in [0.29, 0.717) is 22.0 Å². The molecular formula is C16H15ClN4O2. The molecule has 0 bridgehead atoms. The molecule has 3 rings (SSSR count). The normalized spacial score (nSPS) is 10.8. The van der Waals surface area contributed by atoms with Crippen LogP contribution in [0.3, 0.4) is 0 Å². The van der Waals surface area contributed by atoms with Crippen LogP contribution in [-0.2, 0) is 7.05 Å². The van der Waals surface area contributed by atoms with E-state index in [1.165, 1.54) is 7.11 Å². The molecule has 0 saturated heterocycles. The Bertz CT molecular complexity index is 904. The first-order valence-electron chi connectivity index (χ1n) is 6.94. The topological polar surface area (TPSA) is 69.0 Å². The minimum Gasteiger partial charge on any atom is -0.496 e. The second-order valence-corrected chi connectivity index (χ2v) is 5.54. The van der Waals surface area contributed by atoms with E-state index in [1.54, 1.807) is 29.1 Å². The van der Waals surface area contributed by atoms with Gasteiger partial charge in [0.1, 0.15) is 5.75 Å². The van der Waals surface area contributed by atoms with Crippen molar-refractivity contribution >= 4 is 34.2 Å². The summed E-state index contributed by atoms with van der Waals surface area (Å²) in [6, 6.07) is 6.74. The molecule has 3 aromatic rings. The van der Waals surface area contributed by atoms with Crippen LogP contribution in [0.25, 0.3) is 11.0 Å². The quantitative estimate of drug-likeness (QED) is 0.800. The number of halogens is 1. The molecule has 2 aromatic heterocycles. The van der Waals surface area contributed by atoms with Crippen LogP contribution in [0.2, 0.25) is 5.02 Å². The molecule has 0 aliphatic rings. The highest BCUT2D eigenvalue weighted by molar-refractivity contribution is 6.31. The molecule has 0 aliphatic heterocycles. The van der Waals surface area contributed by atoms with Crippen LogP contribution in [0, 0.1) is 6.92 Å². The van der Waals surface area contributed by atoms with Crippen molar-refractivity contribution in [2.24, 2.45) is 7.05 Å². The van der Waals surface area contributed by atoms with Gasteiger partial charge < -0.3 is 10.1 Å². The molecule has 0 atom stereocenters. The maximum absolute atomic E-state index is 12.5. The Morgan fingerprint density at radius 3 is 2.87 bits per heavy atom. The van der Waals surface area contributed by atoms with Crippen molar-refractivity contribution in [3.63, 3.8) is 0 Å². The molecule has 0 fully saturated rings. The van der Waals surface area contributed by atoms with Crippen LogP contribution >= 0.6 is 11.6 Å². The molecular weight excluding hydrogens is 316 g/mol. The number of benzene rings is 1. The predicted octanol–water partition coefficient (Wildman–Crippen LogP) is 3.19. The molecule has 118 valence electrons. The van der Waals surface area contributed by atoms with Gasteiger partial charge in [-0.05, 0) is 31.2 Å². The first-order valence-corrected chi connectivity index (χ1v) is 7.31. The largest absolute Gasteiger partial charge is 0.496 e. The standard InChI is InChI=1S/C16H15ClN4O2/c1-9-12-7-11(8-18-15(12)21(2)20-9)19-16(22)13-6-10(17)4-5-14(13)23-3/h4-8H,1-3H3,(H,19,22). The fourth-order valence-corrected chi connectivity index (χ4v) is 2.60. The number of fused-ring (bicyclic) bond motifs is 1. The number of amides is 1. The highest BCUT2D eigenvalue weighted by Gasteiger charge is 2.14. The van der Waals surface area contributed by atoms with E-state index in [1.807, 2.05) is 20.0 Å². The Morgan fingerprint density at radius 2 is 2.13 bits per heavy atom. The van der Waals surface area contributed by atoms with Gasteiger partial charge in [0, 0.05) is 17.5 Å². The highest BCUT2D eigenvalue weighted by Crippen LogP contribution is 2.25. The second kappa shape index (κ2) is 5.89. The molecule has 0 unspecified atom stereocenters. The Labute approximate surface area is 138 Å². The van der Waals surface area contributed by atoms with Crippen molar-refractivity contribution in [1.29, 1.82) is 0 Å². The third kappa shape index (κ3) is 2.85. The van der Waals surface area contributed by atoms with Crippen LogP contribution in [0.15, 0.2) is 30.5 Å². The van der Waals surface area contributed by atoms with Crippen LogP contribution in [0.5, 0.6) is 5.75 Å². The molecule has 1 N–H and O–H groups in total. The molecule has 23 heavy (non-hydrogen) atoms.